The Morgan fingerprint density at radius 3 is 2.68 bits per heavy atom. The molecule has 1 unspecified atom stereocenters. The van der Waals surface area contributed by atoms with Crippen LogP contribution in [-0.2, 0) is 0 Å². The van der Waals surface area contributed by atoms with E-state index in [1.807, 2.05) is 6.92 Å². The van der Waals surface area contributed by atoms with Crippen LogP contribution in [0, 0.1) is 17.7 Å². The van der Waals surface area contributed by atoms with Crippen molar-refractivity contribution in [3.05, 3.63) is 23.6 Å². The number of hydrogen-bond donors (Lipinski definition) is 2. The van der Waals surface area contributed by atoms with Crippen LogP contribution < -0.4 is 10.6 Å². The van der Waals surface area contributed by atoms with Gasteiger partial charge in [-0.15, -0.1) is 0 Å². The van der Waals surface area contributed by atoms with Crippen LogP contribution in [0.3, 0.4) is 0 Å². The Morgan fingerprint density at radius 1 is 1.42 bits per heavy atom. The summed E-state index contributed by atoms with van der Waals surface area (Å²) in [5.74, 6) is 0.463. The zero-order valence-electron chi connectivity index (χ0n) is 12.0. The van der Waals surface area contributed by atoms with Crippen molar-refractivity contribution < 1.29 is 9.18 Å². The number of anilines is 1. The summed E-state index contributed by atoms with van der Waals surface area (Å²) in [6.45, 7) is 9.36. The Balaban J connectivity index is 2.77. The molecule has 0 fully saturated rings. The molecular weight excluding hydrogens is 245 g/mol. The molecule has 2 N–H and O–H groups in total. The van der Waals surface area contributed by atoms with Crippen LogP contribution in [-0.4, -0.2) is 24.0 Å². The monoisotopic (exact) mass is 267 g/mol. The van der Waals surface area contributed by atoms with E-state index >= 15 is 0 Å². The van der Waals surface area contributed by atoms with Crippen LogP contribution in [0.25, 0.3) is 0 Å². The molecule has 0 bridgehead atoms. The van der Waals surface area contributed by atoms with Gasteiger partial charge in [0.25, 0.3) is 5.91 Å². The maximum Gasteiger partial charge on any atom is 0.255 e. The fourth-order valence-corrected chi connectivity index (χ4v) is 1.51. The summed E-state index contributed by atoms with van der Waals surface area (Å²) >= 11 is 0. The zero-order valence-corrected chi connectivity index (χ0v) is 12.0. The van der Waals surface area contributed by atoms with Crippen molar-refractivity contribution in [2.24, 2.45) is 11.8 Å². The van der Waals surface area contributed by atoms with Crippen LogP contribution in [0.15, 0.2) is 12.3 Å². The summed E-state index contributed by atoms with van der Waals surface area (Å²) in [6, 6.07) is 1.21. The molecule has 106 valence electrons. The van der Waals surface area contributed by atoms with E-state index in [0.29, 0.717) is 30.7 Å². The molecule has 1 aromatic rings. The first-order valence-electron chi connectivity index (χ1n) is 6.63. The Hall–Kier alpha value is -1.65. The second-order valence-electron chi connectivity index (χ2n) is 5.01. The summed E-state index contributed by atoms with van der Waals surface area (Å²) in [5.41, 5.74) is 0.248. The predicted molar refractivity (Wildman–Crippen MR) is 74.7 cm³/mol. The van der Waals surface area contributed by atoms with Gasteiger partial charge in [0.05, 0.1) is 11.8 Å². The number of carbonyl (C=O) groups excluding carboxylic acids is 1. The number of carbonyl (C=O) groups is 1. The molecular formula is C14H22FN3O. The summed E-state index contributed by atoms with van der Waals surface area (Å²) in [5, 5.41) is 5.78. The van der Waals surface area contributed by atoms with Gasteiger partial charge < -0.3 is 10.6 Å². The molecule has 4 nitrogen and oxygen atoms in total. The summed E-state index contributed by atoms with van der Waals surface area (Å²) in [7, 11) is 0. The second-order valence-corrected chi connectivity index (χ2v) is 5.01. The molecule has 0 aromatic carbocycles. The third-order valence-electron chi connectivity index (χ3n) is 3.17. The Morgan fingerprint density at radius 2 is 2.11 bits per heavy atom. The molecule has 5 heteroatoms. The standard InChI is InChI=1S/C14H22FN3O/c1-5-16-13-12(6-11(15)8-17-13)14(19)18-7-10(4)9(2)3/h6,8-10H,5,7H2,1-4H3,(H,16,17)(H,18,19). The molecule has 1 aromatic heterocycles. The number of aromatic nitrogens is 1. The van der Waals surface area contributed by atoms with Crippen LogP contribution in [0.4, 0.5) is 10.2 Å². The topological polar surface area (TPSA) is 54.0 Å². The number of pyridine rings is 1. The van der Waals surface area contributed by atoms with Gasteiger partial charge in [0.15, 0.2) is 0 Å². The molecule has 0 spiro atoms. The van der Waals surface area contributed by atoms with Gasteiger partial charge in [0.1, 0.15) is 11.6 Å². The minimum absolute atomic E-state index is 0.248. The summed E-state index contributed by atoms with van der Waals surface area (Å²) in [4.78, 5) is 16.0. The van der Waals surface area contributed by atoms with Crippen molar-refractivity contribution in [3.63, 3.8) is 0 Å². The maximum absolute atomic E-state index is 13.2. The van der Waals surface area contributed by atoms with E-state index in [1.165, 1.54) is 6.07 Å². The van der Waals surface area contributed by atoms with Gasteiger partial charge in [-0.05, 0) is 24.8 Å². The average Bonchev–Trinajstić information content (AvgIpc) is 2.37. The lowest BCUT2D eigenvalue weighted by Gasteiger charge is -2.17. The van der Waals surface area contributed by atoms with Crippen molar-refractivity contribution in [3.8, 4) is 0 Å². The number of nitrogens with zero attached hydrogens (tertiary/aromatic N) is 1. The molecule has 0 aliphatic carbocycles. The molecule has 1 atom stereocenters. The molecule has 0 aliphatic heterocycles. The number of rotatable bonds is 6. The lowest BCUT2D eigenvalue weighted by Crippen LogP contribution is -2.31. The fraction of sp³-hybridized carbons (Fsp3) is 0.571. The molecule has 1 heterocycles. The highest BCUT2D eigenvalue weighted by atomic mass is 19.1. The van der Waals surface area contributed by atoms with E-state index < -0.39 is 5.82 Å². The van der Waals surface area contributed by atoms with Crippen molar-refractivity contribution in [1.29, 1.82) is 0 Å². The quantitative estimate of drug-likeness (QED) is 0.833. The largest absolute Gasteiger partial charge is 0.370 e. The highest BCUT2D eigenvalue weighted by Gasteiger charge is 2.15. The van der Waals surface area contributed by atoms with E-state index in [0.717, 1.165) is 6.20 Å². The Labute approximate surface area is 113 Å². The van der Waals surface area contributed by atoms with Gasteiger partial charge >= 0.3 is 0 Å². The zero-order chi connectivity index (χ0) is 14.4. The molecule has 0 saturated carbocycles. The first kappa shape index (κ1) is 15.4. The minimum atomic E-state index is -0.510. The average molecular weight is 267 g/mol. The molecule has 0 saturated heterocycles. The maximum atomic E-state index is 13.2. The van der Waals surface area contributed by atoms with Crippen LogP contribution in [0.5, 0.6) is 0 Å². The smallest absolute Gasteiger partial charge is 0.255 e. The van der Waals surface area contributed by atoms with Crippen LogP contribution in [0.2, 0.25) is 0 Å². The van der Waals surface area contributed by atoms with Crippen molar-refractivity contribution in [2.45, 2.75) is 27.7 Å². The highest BCUT2D eigenvalue weighted by Crippen LogP contribution is 2.14. The highest BCUT2D eigenvalue weighted by molar-refractivity contribution is 5.98. The fourth-order valence-electron chi connectivity index (χ4n) is 1.51. The van der Waals surface area contributed by atoms with Crippen molar-refractivity contribution >= 4 is 11.7 Å². The summed E-state index contributed by atoms with van der Waals surface area (Å²) in [6.07, 6.45) is 1.10. The van der Waals surface area contributed by atoms with Gasteiger partial charge in [0.2, 0.25) is 0 Å². The minimum Gasteiger partial charge on any atom is -0.370 e. The van der Waals surface area contributed by atoms with E-state index in [9.17, 15) is 9.18 Å². The normalized spacial score (nSPS) is 12.3. The number of nitrogens with one attached hydrogen (secondary N) is 2. The van der Waals surface area contributed by atoms with Crippen molar-refractivity contribution in [2.75, 3.05) is 18.4 Å². The van der Waals surface area contributed by atoms with E-state index in [1.54, 1.807) is 0 Å². The SMILES string of the molecule is CCNc1ncc(F)cc1C(=O)NCC(C)C(C)C. The Bertz CT molecular complexity index is 435. The Kier molecular flexibility index (Phi) is 5.73. The number of halogens is 1. The van der Waals surface area contributed by atoms with Gasteiger partial charge in [0, 0.05) is 13.1 Å². The van der Waals surface area contributed by atoms with E-state index in [2.05, 4.69) is 36.4 Å². The van der Waals surface area contributed by atoms with Gasteiger partial charge in [-0.2, -0.15) is 0 Å². The van der Waals surface area contributed by atoms with E-state index in [-0.39, 0.29) is 11.5 Å². The van der Waals surface area contributed by atoms with Gasteiger partial charge in [-0.25, -0.2) is 9.37 Å². The van der Waals surface area contributed by atoms with Crippen LogP contribution >= 0.6 is 0 Å². The number of hydrogen-bond acceptors (Lipinski definition) is 3. The third-order valence-corrected chi connectivity index (χ3v) is 3.17. The molecule has 1 rings (SSSR count). The van der Waals surface area contributed by atoms with E-state index in [4.69, 9.17) is 0 Å². The lowest BCUT2D eigenvalue weighted by atomic mass is 9.98. The first-order chi connectivity index (χ1) is 8.95. The second kappa shape index (κ2) is 7.07. The van der Waals surface area contributed by atoms with Crippen LogP contribution in [0.1, 0.15) is 38.1 Å². The molecule has 19 heavy (non-hydrogen) atoms. The predicted octanol–water partition coefficient (Wildman–Crippen LogP) is 2.67. The molecule has 0 aliphatic rings. The third kappa shape index (κ3) is 4.50. The van der Waals surface area contributed by atoms with Crippen molar-refractivity contribution in [1.82, 2.24) is 10.3 Å². The summed E-state index contributed by atoms with van der Waals surface area (Å²) < 4.78 is 13.2. The molecule has 1 amide bonds. The van der Waals surface area contributed by atoms with Gasteiger partial charge in [-0.3, -0.25) is 4.79 Å². The molecule has 0 radical (unpaired) electrons. The van der Waals surface area contributed by atoms with Gasteiger partial charge in [-0.1, -0.05) is 20.8 Å². The first-order valence-corrected chi connectivity index (χ1v) is 6.63. The number of amides is 1. The lowest BCUT2D eigenvalue weighted by molar-refractivity contribution is 0.0945.